The predicted octanol–water partition coefficient (Wildman–Crippen LogP) is -2.65. The Balaban J connectivity index is 0.789. The average molecular weight is 1760 g/mol. The van der Waals surface area contributed by atoms with E-state index in [9.17, 15) is 71.5 Å². The molecule has 21 saturated heterocycles. The summed E-state index contributed by atoms with van der Waals surface area (Å²) in [6, 6.07) is 64.8. The van der Waals surface area contributed by atoms with E-state index < -0.39 is 215 Å². The van der Waals surface area contributed by atoms with Gasteiger partial charge in [-0.1, -0.05) is 212 Å². The molecule has 7 aromatic carbocycles. The summed E-state index contributed by atoms with van der Waals surface area (Å²) in [4.78, 5) is 0. The van der Waals surface area contributed by atoms with Crippen LogP contribution < -0.4 is 37.2 Å². The number of hydrogen-bond donors (Lipinski definition) is 21. The molecule has 14 bridgehead atoms. The van der Waals surface area contributed by atoms with E-state index in [4.69, 9.17) is 66.3 Å². The van der Waals surface area contributed by atoms with E-state index in [2.05, 4.69) is 37.2 Å². The van der Waals surface area contributed by atoms with E-state index in [1.54, 1.807) is 0 Å². The van der Waals surface area contributed by atoms with Crippen LogP contribution >= 0.6 is 0 Å². The van der Waals surface area contributed by atoms with Crippen LogP contribution in [0.3, 0.4) is 0 Å². The summed E-state index contributed by atoms with van der Waals surface area (Å²) in [6.07, 6.45) is -63.0. The lowest BCUT2D eigenvalue weighted by molar-refractivity contribution is -0.392. The standard InChI is InChI=1S/C91H119N7O28/c99-64-71(106)85-113-57(43-92-36-50-22-8-1-9-23-50)78(64)120-86-72(107)65(100)80(59(114-86)45-94-38-52-26-12-3-13-27-52)122-88-74(109)67(102)82(61(116-88)47-96-40-54-30-16-5-17-31-54)124-90-76(111)69(104)84(63(118-90)49-98-42-56-34-20-7-21-35-56)126-91-77(112)70(105)83(62(119-91)48-97-41-55-32-18-6-19-33-55)125-89-75(110)68(103)81(60(117-89)46-95-39-53-28-14-4-15-29-53)123-87-73(108)66(101)79(121-85)58(115-87)44-93-37-51-24-10-2-11-25-51/h1-35,57-112H,36-49H2/t57-,58-,59-,60-,61-,62-,63-,64-,65-,66-,67-,68-,69-,70-,71-,72-,73-,74-,75-,76-,77-,78-,79-,80-,81-,82-,83-,84-,85-,86-,87-,88-,89-,90-,91-/m1/s1. The molecule has 0 aromatic heterocycles. The summed E-state index contributed by atoms with van der Waals surface area (Å²) >= 11 is 0. The lowest BCUT2D eigenvalue weighted by Gasteiger charge is -2.50. The minimum absolute atomic E-state index is 0.180. The van der Waals surface area contributed by atoms with E-state index >= 15 is 0 Å². The van der Waals surface area contributed by atoms with Gasteiger partial charge in [-0.25, -0.2) is 0 Å². The van der Waals surface area contributed by atoms with Gasteiger partial charge in [0, 0.05) is 91.6 Å². The molecule has 0 saturated carbocycles. The minimum Gasteiger partial charge on any atom is -0.387 e. The molecule has 0 unspecified atom stereocenters. The molecule has 28 rings (SSSR count). The van der Waals surface area contributed by atoms with Crippen LogP contribution in [0.15, 0.2) is 212 Å². The highest BCUT2D eigenvalue weighted by Gasteiger charge is 2.60. The normalized spacial score (nSPS) is 38.2. The topological polar surface area (TPSA) is 497 Å². The van der Waals surface area contributed by atoms with Gasteiger partial charge in [-0.05, 0) is 38.9 Å². The van der Waals surface area contributed by atoms with Gasteiger partial charge in [0.1, 0.15) is 171 Å². The zero-order valence-corrected chi connectivity index (χ0v) is 69.3. The number of hydrogen-bond acceptors (Lipinski definition) is 35. The Morgan fingerprint density at radius 2 is 0.262 bits per heavy atom. The zero-order valence-electron chi connectivity index (χ0n) is 69.3. The summed E-state index contributed by atoms with van der Waals surface area (Å²) < 4.78 is 92.7. The van der Waals surface area contributed by atoms with Crippen LogP contribution in [0, 0.1) is 0 Å². The average Bonchev–Trinajstić information content (AvgIpc) is 0.780. The molecule has 21 aliphatic heterocycles. The van der Waals surface area contributed by atoms with Gasteiger partial charge in [0.05, 0.1) is 0 Å². The molecule has 21 fully saturated rings. The smallest absolute Gasteiger partial charge is 0.187 e. The monoisotopic (exact) mass is 1760 g/mol. The molecule has 21 heterocycles. The van der Waals surface area contributed by atoms with Crippen LogP contribution in [0.25, 0.3) is 0 Å². The van der Waals surface area contributed by atoms with E-state index in [0.29, 0.717) is 0 Å². The Kier molecular flexibility index (Phi) is 33.7. The lowest BCUT2D eigenvalue weighted by atomic mass is 9.94. The van der Waals surface area contributed by atoms with Crippen molar-refractivity contribution in [1.29, 1.82) is 0 Å². The molecule has 21 aliphatic rings. The summed E-state index contributed by atoms with van der Waals surface area (Å²) in [6.45, 7) is 0.303. The second-order valence-corrected chi connectivity index (χ2v) is 33.2. The summed E-state index contributed by atoms with van der Waals surface area (Å²) in [5.74, 6) is 0. The first-order chi connectivity index (χ1) is 61.3. The number of nitrogens with one attached hydrogen (secondary N) is 7. The first-order valence-corrected chi connectivity index (χ1v) is 43.2. The molecule has 7 aromatic rings. The van der Waals surface area contributed by atoms with Crippen molar-refractivity contribution in [2.75, 3.05) is 45.8 Å². The lowest BCUT2D eigenvalue weighted by Crippen LogP contribution is -2.69. The van der Waals surface area contributed by atoms with E-state index in [1.165, 1.54) is 0 Å². The first-order valence-electron chi connectivity index (χ1n) is 43.2. The van der Waals surface area contributed by atoms with Gasteiger partial charge in [0.15, 0.2) is 44.0 Å². The van der Waals surface area contributed by atoms with Crippen LogP contribution in [-0.2, 0) is 112 Å². The van der Waals surface area contributed by atoms with Gasteiger partial charge in [-0.2, -0.15) is 0 Å². The van der Waals surface area contributed by atoms with Crippen LogP contribution in [0.1, 0.15) is 38.9 Å². The molecule has 0 spiro atoms. The maximum Gasteiger partial charge on any atom is 0.187 e. The van der Waals surface area contributed by atoms with Crippen molar-refractivity contribution < 1.29 is 138 Å². The molecule has 35 heteroatoms. The molecular weight excluding hydrogens is 1640 g/mol. The third-order valence-electron chi connectivity index (χ3n) is 24.1. The third-order valence-corrected chi connectivity index (χ3v) is 24.1. The molecule has 0 radical (unpaired) electrons. The Morgan fingerprint density at radius 1 is 0.151 bits per heavy atom. The van der Waals surface area contributed by atoms with Gasteiger partial charge >= 0.3 is 0 Å². The molecule has 0 aliphatic carbocycles. The Labute approximate surface area is 729 Å². The van der Waals surface area contributed by atoms with E-state index in [0.717, 1.165) is 38.9 Å². The second kappa shape index (κ2) is 45.3. The maximum absolute atomic E-state index is 12.7. The Bertz CT molecular complexity index is 3560. The third kappa shape index (κ3) is 23.5. The molecule has 126 heavy (non-hydrogen) atoms. The van der Waals surface area contributed by atoms with Crippen molar-refractivity contribution in [2.24, 2.45) is 0 Å². The predicted molar refractivity (Wildman–Crippen MR) is 446 cm³/mol. The number of rotatable bonds is 28. The first kappa shape index (κ1) is 93.8. The van der Waals surface area contributed by atoms with Crippen LogP contribution in [0.2, 0.25) is 0 Å². The maximum atomic E-state index is 12.7. The second-order valence-electron chi connectivity index (χ2n) is 33.2. The molecule has 21 N–H and O–H groups in total. The number of benzene rings is 7. The fourth-order valence-corrected chi connectivity index (χ4v) is 17.2. The highest BCUT2D eigenvalue weighted by atomic mass is 16.8. The SMILES string of the molecule is O[C@@H]1[C@@H](O)[C@H]2O[C@H]3[C@H](O)[C@@H](O)[C@@H](O[C@H]4[C@H](O)[C@@H](O)[C@@H](O[C@H]5[C@H](O)[C@@H](O)[C@@H](O[C@H]6[C@H](O)[C@@H](O)[C@@H](O[C@H]7[C@H](O)[C@@H](O)[C@@H](O[C@H]8[C@H](O)[C@@H](O)[C@@H](O[C@@H]1[C@@H](CNCc1ccccc1)O2)O[C@@H]8CNCc1ccccc1)O[C@@H]7CNCc1ccccc1)O[C@@H]6CNCc1ccccc1)O[C@@H]5CNCc1ccccc1)O[C@@H]4CNCc1ccccc1)O[C@@H]3CNCc1ccccc1. The summed E-state index contributed by atoms with van der Waals surface area (Å²) in [5.41, 5.74) is 5.82. The number of aliphatic hydroxyl groups is 14. The minimum atomic E-state index is -2.08. The van der Waals surface area contributed by atoms with Crippen molar-refractivity contribution >= 4 is 0 Å². The molecule has 35 atom stereocenters. The zero-order chi connectivity index (χ0) is 87.7. The number of aliphatic hydroxyl groups excluding tert-OH is 14. The van der Waals surface area contributed by atoms with Crippen molar-refractivity contribution in [1.82, 2.24) is 37.2 Å². The molecular formula is C91H119N7O28. The van der Waals surface area contributed by atoms with E-state index in [-0.39, 0.29) is 91.6 Å². The highest BCUT2D eigenvalue weighted by Crippen LogP contribution is 2.40. The van der Waals surface area contributed by atoms with Crippen molar-refractivity contribution in [3.63, 3.8) is 0 Å². The molecule has 35 nitrogen and oxygen atoms in total. The van der Waals surface area contributed by atoms with Crippen molar-refractivity contribution in [3.8, 4) is 0 Å². The van der Waals surface area contributed by atoms with Crippen LogP contribution in [-0.4, -0.2) is 332 Å². The number of ether oxygens (including phenoxy) is 14. The summed E-state index contributed by atoms with van der Waals surface area (Å²) in [5, 5.41) is 199. The van der Waals surface area contributed by atoms with Gasteiger partial charge in [0.25, 0.3) is 0 Å². The largest absolute Gasteiger partial charge is 0.387 e. The van der Waals surface area contributed by atoms with Crippen LogP contribution in [0.5, 0.6) is 0 Å². The highest BCUT2D eigenvalue weighted by molar-refractivity contribution is 5.21. The summed E-state index contributed by atoms with van der Waals surface area (Å²) in [7, 11) is 0. The molecule has 0 amide bonds. The van der Waals surface area contributed by atoms with Gasteiger partial charge in [-0.3, -0.25) is 0 Å². The Hall–Kier alpha value is -6.86. The quantitative estimate of drug-likeness (QED) is 0.0238. The van der Waals surface area contributed by atoms with Crippen LogP contribution in [0.4, 0.5) is 0 Å². The van der Waals surface area contributed by atoms with Crippen molar-refractivity contribution in [3.05, 3.63) is 251 Å². The molecule has 686 valence electrons. The van der Waals surface area contributed by atoms with Crippen molar-refractivity contribution in [2.45, 2.75) is 261 Å². The van der Waals surface area contributed by atoms with Gasteiger partial charge < -0.3 is 175 Å². The Morgan fingerprint density at radius 3 is 0.373 bits per heavy atom. The fraction of sp³-hybridized carbons (Fsp3) is 0.538. The van der Waals surface area contributed by atoms with Gasteiger partial charge in [-0.15, -0.1) is 0 Å². The van der Waals surface area contributed by atoms with E-state index in [1.807, 2.05) is 212 Å². The fourth-order valence-electron chi connectivity index (χ4n) is 17.2. The van der Waals surface area contributed by atoms with Gasteiger partial charge in [0.2, 0.25) is 0 Å².